The van der Waals surface area contributed by atoms with Gasteiger partial charge in [-0.1, -0.05) is 36.4 Å². The van der Waals surface area contributed by atoms with E-state index in [4.69, 9.17) is 9.84 Å². The summed E-state index contributed by atoms with van der Waals surface area (Å²) in [6, 6.07) is 24.2. The average molecular weight is 480 g/mol. The number of ether oxygens (including phenoxy) is 1. The van der Waals surface area contributed by atoms with Crippen LogP contribution < -0.4 is 10.1 Å². The van der Waals surface area contributed by atoms with E-state index in [1.807, 2.05) is 82.3 Å². The highest BCUT2D eigenvalue weighted by Gasteiger charge is 2.12. The Labute approximate surface area is 210 Å². The lowest BCUT2D eigenvalue weighted by molar-refractivity contribution is 0.238. The molecule has 0 unspecified atom stereocenters. The van der Waals surface area contributed by atoms with Crippen LogP contribution in [-0.4, -0.2) is 55.5 Å². The Morgan fingerprint density at radius 1 is 0.889 bits per heavy atom. The number of fused-ring (bicyclic) bond motifs is 1. The number of pyridine rings is 1. The van der Waals surface area contributed by atoms with Crippen molar-refractivity contribution >= 4 is 17.3 Å². The van der Waals surface area contributed by atoms with E-state index in [0.29, 0.717) is 12.6 Å². The number of nitrogens with zero attached hydrogens (tertiary/aromatic N) is 6. The maximum absolute atomic E-state index is 5.91. The SMILES string of the molecule is c1ccc(Cn2cc(-c3cccc4nc(Nc5ccc(OCCN6CCCC6)cc5)nn34)cn2)cc1. The van der Waals surface area contributed by atoms with Crippen LogP contribution in [0.3, 0.4) is 0 Å². The van der Waals surface area contributed by atoms with E-state index in [1.165, 1.54) is 31.5 Å². The second-order valence-electron chi connectivity index (χ2n) is 9.08. The summed E-state index contributed by atoms with van der Waals surface area (Å²) in [4.78, 5) is 7.11. The largest absolute Gasteiger partial charge is 0.492 e. The molecular formula is C28H29N7O. The summed E-state index contributed by atoms with van der Waals surface area (Å²) in [7, 11) is 0. The molecule has 182 valence electrons. The first-order valence-corrected chi connectivity index (χ1v) is 12.4. The Morgan fingerprint density at radius 2 is 1.72 bits per heavy atom. The topological polar surface area (TPSA) is 72.5 Å². The van der Waals surface area contributed by atoms with Crippen LogP contribution in [0.4, 0.5) is 11.6 Å². The quantitative estimate of drug-likeness (QED) is 0.326. The fraction of sp³-hybridized carbons (Fsp3) is 0.250. The fourth-order valence-electron chi connectivity index (χ4n) is 4.59. The van der Waals surface area contributed by atoms with Crippen molar-refractivity contribution in [1.29, 1.82) is 0 Å². The van der Waals surface area contributed by atoms with Crippen LogP contribution in [-0.2, 0) is 6.54 Å². The number of hydrogen-bond acceptors (Lipinski definition) is 6. The van der Waals surface area contributed by atoms with Crippen molar-refractivity contribution in [2.24, 2.45) is 0 Å². The molecule has 4 heterocycles. The zero-order valence-corrected chi connectivity index (χ0v) is 20.1. The van der Waals surface area contributed by atoms with E-state index in [-0.39, 0.29) is 0 Å². The molecule has 1 aliphatic heterocycles. The van der Waals surface area contributed by atoms with Crippen molar-refractivity contribution in [2.75, 3.05) is 31.6 Å². The van der Waals surface area contributed by atoms with E-state index in [0.717, 1.165) is 41.4 Å². The molecule has 1 aliphatic rings. The summed E-state index contributed by atoms with van der Waals surface area (Å²) in [5.41, 5.74) is 4.82. The van der Waals surface area contributed by atoms with Gasteiger partial charge < -0.3 is 10.1 Å². The zero-order chi connectivity index (χ0) is 24.2. The molecule has 0 spiro atoms. The third kappa shape index (κ3) is 5.08. The van der Waals surface area contributed by atoms with Gasteiger partial charge in [0.15, 0.2) is 5.65 Å². The van der Waals surface area contributed by atoms with Crippen molar-refractivity contribution in [2.45, 2.75) is 19.4 Å². The van der Waals surface area contributed by atoms with Crippen LogP contribution in [0.1, 0.15) is 18.4 Å². The Kier molecular flexibility index (Phi) is 6.33. The first-order chi connectivity index (χ1) is 17.8. The number of nitrogens with one attached hydrogen (secondary N) is 1. The molecule has 0 radical (unpaired) electrons. The van der Waals surface area contributed by atoms with E-state index in [1.54, 1.807) is 0 Å². The monoisotopic (exact) mass is 479 g/mol. The zero-order valence-electron chi connectivity index (χ0n) is 20.1. The highest BCUT2D eigenvalue weighted by atomic mass is 16.5. The summed E-state index contributed by atoms with van der Waals surface area (Å²) in [5, 5.41) is 12.6. The Hall–Kier alpha value is -4.17. The molecule has 5 aromatic rings. The van der Waals surface area contributed by atoms with E-state index < -0.39 is 0 Å². The van der Waals surface area contributed by atoms with E-state index >= 15 is 0 Å². The van der Waals surface area contributed by atoms with Crippen molar-refractivity contribution < 1.29 is 4.74 Å². The van der Waals surface area contributed by atoms with Crippen LogP contribution >= 0.6 is 0 Å². The standard InChI is InChI=1S/C28H29N7O/c1-2-7-22(8-3-1)20-34-21-23(19-29-34)26-9-6-10-27-31-28(32-35(26)27)30-24-11-13-25(14-12-24)36-18-17-33-15-4-5-16-33/h1-3,6-14,19,21H,4-5,15-18,20H2,(H,30,32). The molecule has 1 saturated heterocycles. The minimum absolute atomic E-state index is 0.543. The van der Waals surface area contributed by atoms with Crippen LogP contribution in [0.5, 0.6) is 5.75 Å². The van der Waals surface area contributed by atoms with Gasteiger partial charge in [0.2, 0.25) is 5.95 Å². The van der Waals surface area contributed by atoms with Crippen molar-refractivity contribution in [3.8, 4) is 17.0 Å². The molecule has 8 heteroatoms. The van der Waals surface area contributed by atoms with E-state index in [2.05, 4.69) is 32.4 Å². The summed E-state index contributed by atoms with van der Waals surface area (Å²) in [6.45, 7) is 4.80. The number of anilines is 2. The Bertz CT molecular complexity index is 1420. The van der Waals surface area contributed by atoms with Gasteiger partial charge in [-0.15, -0.1) is 5.10 Å². The van der Waals surface area contributed by atoms with Gasteiger partial charge in [-0.3, -0.25) is 9.58 Å². The first-order valence-electron chi connectivity index (χ1n) is 12.4. The number of aromatic nitrogens is 5. The van der Waals surface area contributed by atoms with Crippen LogP contribution in [0, 0.1) is 0 Å². The Balaban J connectivity index is 1.13. The van der Waals surface area contributed by atoms with Crippen LogP contribution in [0.25, 0.3) is 16.9 Å². The minimum Gasteiger partial charge on any atom is -0.492 e. The maximum Gasteiger partial charge on any atom is 0.247 e. The van der Waals surface area contributed by atoms with Crippen LogP contribution in [0.2, 0.25) is 0 Å². The highest BCUT2D eigenvalue weighted by Crippen LogP contribution is 2.23. The van der Waals surface area contributed by atoms with Crippen molar-refractivity contribution in [1.82, 2.24) is 29.3 Å². The summed E-state index contributed by atoms with van der Waals surface area (Å²) >= 11 is 0. The van der Waals surface area contributed by atoms with E-state index in [9.17, 15) is 0 Å². The summed E-state index contributed by atoms with van der Waals surface area (Å²) in [5.74, 6) is 1.42. The normalized spacial score (nSPS) is 13.9. The van der Waals surface area contributed by atoms with Gasteiger partial charge in [-0.05, 0) is 67.9 Å². The molecule has 8 nitrogen and oxygen atoms in total. The van der Waals surface area contributed by atoms with Gasteiger partial charge in [0.1, 0.15) is 12.4 Å². The molecule has 0 saturated carbocycles. The number of benzene rings is 2. The molecule has 3 aromatic heterocycles. The third-order valence-electron chi connectivity index (χ3n) is 6.46. The highest BCUT2D eigenvalue weighted by molar-refractivity contribution is 5.64. The molecule has 2 aromatic carbocycles. The average Bonchev–Trinajstić information content (AvgIpc) is 3.67. The van der Waals surface area contributed by atoms with Crippen LogP contribution in [0.15, 0.2) is 85.2 Å². The first kappa shape index (κ1) is 22.3. The lowest BCUT2D eigenvalue weighted by Gasteiger charge is -2.15. The third-order valence-corrected chi connectivity index (χ3v) is 6.46. The molecule has 1 N–H and O–H groups in total. The number of likely N-dealkylation sites (tertiary alicyclic amines) is 1. The fourth-order valence-corrected chi connectivity index (χ4v) is 4.59. The van der Waals surface area contributed by atoms with Gasteiger partial charge in [0.05, 0.1) is 18.4 Å². The molecule has 0 amide bonds. The summed E-state index contributed by atoms with van der Waals surface area (Å²) < 4.78 is 9.70. The van der Waals surface area contributed by atoms with Gasteiger partial charge in [-0.2, -0.15) is 10.1 Å². The molecule has 6 rings (SSSR count). The second-order valence-corrected chi connectivity index (χ2v) is 9.08. The van der Waals surface area contributed by atoms with Gasteiger partial charge in [0, 0.05) is 24.0 Å². The maximum atomic E-state index is 5.91. The number of rotatable bonds is 9. The molecule has 0 aliphatic carbocycles. The molecule has 0 bridgehead atoms. The van der Waals surface area contributed by atoms with Gasteiger partial charge >= 0.3 is 0 Å². The van der Waals surface area contributed by atoms with Gasteiger partial charge in [0.25, 0.3) is 0 Å². The molecule has 36 heavy (non-hydrogen) atoms. The predicted molar refractivity (Wildman–Crippen MR) is 141 cm³/mol. The predicted octanol–water partition coefficient (Wildman–Crippen LogP) is 4.86. The second kappa shape index (κ2) is 10.2. The smallest absolute Gasteiger partial charge is 0.247 e. The summed E-state index contributed by atoms with van der Waals surface area (Å²) in [6.07, 6.45) is 6.52. The molecule has 1 fully saturated rings. The molecule has 0 atom stereocenters. The van der Waals surface area contributed by atoms with Crippen molar-refractivity contribution in [3.05, 3.63) is 90.8 Å². The lowest BCUT2D eigenvalue weighted by atomic mass is 10.2. The van der Waals surface area contributed by atoms with Gasteiger partial charge in [-0.25, -0.2) is 4.52 Å². The Morgan fingerprint density at radius 3 is 2.56 bits per heavy atom. The van der Waals surface area contributed by atoms with Crippen molar-refractivity contribution in [3.63, 3.8) is 0 Å². The molecular weight excluding hydrogens is 450 g/mol. The lowest BCUT2D eigenvalue weighted by Crippen LogP contribution is -2.25. The number of hydrogen-bond donors (Lipinski definition) is 1. The minimum atomic E-state index is 0.543.